The molecular weight excluding hydrogens is 289 g/mol. The molecule has 1 saturated heterocycles. The largest absolute Gasteiger partial charge is 0.485 e. The highest BCUT2D eigenvalue weighted by Crippen LogP contribution is 2.39. The summed E-state index contributed by atoms with van der Waals surface area (Å²) in [5.41, 5.74) is 1.38. The predicted molar refractivity (Wildman–Crippen MR) is 70.6 cm³/mol. The molecule has 1 N–H and O–H groups in total. The van der Waals surface area contributed by atoms with Gasteiger partial charge in [-0.05, 0) is 43.1 Å². The molecule has 2 aliphatic heterocycles. The molecule has 4 heteroatoms. The number of nitrogens with one attached hydrogen (secondary N) is 1. The minimum absolute atomic E-state index is 0. The van der Waals surface area contributed by atoms with Crippen molar-refractivity contribution in [2.75, 3.05) is 13.1 Å². The van der Waals surface area contributed by atoms with Gasteiger partial charge >= 0.3 is 0 Å². The van der Waals surface area contributed by atoms with Gasteiger partial charge in [-0.1, -0.05) is 15.9 Å². The third-order valence-corrected chi connectivity index (χ3v) is 3.79. The van der Waals surface area contributed by atoms with E-state index in [4.69, 9.17) is 4.74 Å². The number of halogens is 2. The third-order valence-electron chi connectivity index (χ3n) is 3.29. The Labute approximate surface area is 110 Å². The maximum Gasteiger partial charge on any atom is 0.126 e. The maximum atomic E-state index is 6.11. The minimum atomic E-state index is 0. The standard InChI is InChI=1S/C12H14BrNO.ClH/c13-10-2-3-11-9(6-10)7-12(15-11)4-1-5-14-8-12;/h2-3,6,14H,1,4-5,7-8H2;1H. The Balaban J connectivity index is 0.000000963. The zero-order valence-corrected chi connectivity index (χ0v) is 11.4. The van der Waals surface area contributed by atoms with Gasteiger partial charge in [-0.15, -0.1) is 12.4 Å². The lowest BCUT2D eigenvalue weighted by Gasteiger charge is -2.33. The van der Waals surface area contributed by atoms with Gasteiger partial charge in [0, 0.05) is 17.4 Å². The molecule has 0 radical (unpaired) electrons. The zero-order valence-electron chi connectivity index (χ0n) is 8.96. The lowest BCUT2D eigenvalue weighted by molar-refractivity contribution is 0.0660. The van der Waals surface area contributed by atoms with Crippen LogP contribution in [0.1, 0.15) is 18.4 Å². The van der Waals surface area contributed by atoms with E-state index in [1.165, 1.54) is 18.4 Å². The lowest BCUT2D eigenvalue weighted by atomic mass is 9.89. The van der Waals surface area contributed by atoms with Crippen LogP contribution in [0.3, 0.4) is 0 Å². The van der Waals surface area contributed by atoms with Gasteiger partial charge in [0.05, 0.1) is 0 Å². The summed E-state index contributed by atoms with van der Waals surface area (Å²) in [5.74, 6) is 1.07. The van der Waals surface area contributed by atoms with Gasteiger partial charge in [-0.3, -0.25) is 0 Å². The molecule has 0 saturated carbocycles. The average Bonchev–Trinajstić information content (AvgIpc) is 2.56. The molecule has 1 spiro atoms. The van der Waals surface area contributed by atoms with E-state index in [9.17, 15) is 0 Å². The Morgan fingerprint density at radius 2 is 2.25 bits per heavy atom. The first-order chi connectivity index (χ1) is 7.27. The summed E-state index contributed by atoms with van der Waals surface area (Å²) in [6, 6.07) is 6.30. The normalized spacial score (nSPS) is 27.1. The molecule has 1 aromatic rings. The number of benzene rings is 1. The van der Waals surface area contributed by atoms with Crippen LogP contribution in [0.2, 0.25) is 0 Å². The summed E-state index contributed by atoms with van der Waals surface area (Å²) < 4.78 is 7.25. The fraction of sp³-hybridized carbons (Fsp3) is 0.500. The number of hydrogen-bond donors (Lipinski definition) is 1. The van der Waals surface area contributed by atoms with E-state index in [1.54, 1.807) is 0 Å². The molecule has 1 aromatic carbocycles. The van der Waals surface area contributed by atoms with Gasteiger partial charge in [-0.2, -0.15) is 0 Å². The molecule has 0 aromatic heterocycles. The summed E-state index contributed by atoms with van der Waals surface area (Å²) in [7, 11) is 0. The second kappa shape index (κ2) is 4.55. The highest BCUT2D eigenvalue weighted by Gasteiger charge is 2.40. The monoisotopic (exact) mass is 303 g/mol. The quantitative estimate of drug-likeness (QED) is 0.796. The number of hydrogen-bond acceptors (Lipinski definition) is 2. The smallest absolute Gasteiger partial charge is 0.126 e. The summed E-state index contributed by atoms with van der Waals surface area (Å²) in [4.78, 5) is 0. The van der Waals surface area contributed by atoms with Crippen LogP contribution in [0.25, 0.3) is 0 Å². The SMILES string of the molecule is Brc1ccc2c(c1)CC1(CCCNC1)O2.Cl. The lowest BCUT2D eigenvalue weighted by Crippen LogP contribution is -2.49. The van der Waals surface area contributed by atoms with Crippen LogP contribution < -0.4 is 10.1 Å². The Morgan fingerprint density at radius 3 is 3.00 bits per heavy atom. The molecule has 1 fully saturated rings. The Hall–Kier alpha value is -0.250. The third kappa shape index (κ3) is 2.08. The molecule has 88 valence electrons. The van der Waals surface area contributed by atoms with Crippen molar-refractivity contribution in [3.05, 3.63) is 28.2 Å². The van der Waals surface area contributed by atoms with Crippen LogP contribution in [-0.4, -0.2) is 18.7 Å². The predicted octanol–water partition coefficient (Wildman–Crippen LogP) is 2.93. The first-order valence-electron chi connectivity index (χ1n) is 5.46. The summed E-state index contributed by atoms with van der Waals surface area (Å²) >= 11 is 3.51. The molecule has 2 heterocycles. The molecule has 0 aliphatic carbocycles. The highest BCUT2D eigenvalue weighted by molar-refractivity contribution is 9.10. The fourth-order valence-electron chi connectivity index (χ4n) is 2.58. The van der Waals surface area contributed by atoms with Crippen molar-refractivity contribution < 1.29 is 4.74 Å². The number of fused-ring (bicyclic) bond motifs is 1. The first kappa shape index (κ1) is 12.2. The molecule has 0 bridgehead atoms. The molecule has 1 unspecified atom stereocenters. The van der Waals surface area contributed by atoms with Crippen molar-refractivity contribution in [2.45, 2.75) is 24.9 Å². The average molecular weight is 305 g/mol. The van der Waals surface area contributed by atoms with E-state index in [0.29, 0.717) is 0 Å². The maximum absolute atomic E-state index is 6.11. The van der Waals surface area contributed by atoms with Crippen LogP contribution in [0.4, 0.5) is 0 Å². The van der Waals surface area contributed by atoms with Gasteiger partial charge in [0.1, 0.15) is 11.4 Å². The summed E-state index contributed by atoms with van der Waals surface area (Å²) in [5, 5.41) is 3.43. The van der Waals surface area contributed by atoms with E-state index < -0.39 is 0 Å². The van der Waals surface area contributed by atoms with Gasteiger partial charge in [0.15, 0.2) is 0 Å². The molecular formula is C12H15BrClNO. The molecule has 2 nitrogen and oxygen atoms in total. The Kier molecular flexibility index (Phi) is 3.48. The van der Waals surface area contributed by atoms with Crippen molar-refractivity contribution in [2.24, 2.45) is 0 Å². The van der Waals surface area contributed by atoms with Crippen molar-refractivity contribution in [3.8, 4) is 5.75 Å². The Morgan fingerprint density at radius 1 is 1.38 bits per heavy atom. The summed E-state index contributed by atoms with van der Waals surface area (Å²) in [6.07, 6.45) is 3.44. The van der Waals surface area contributed by atoms with E-state index in [-0.39, 0.29) is 18.0 Å². The molecule has 2 aliphatic rings. The second-order valence-electron chi connectivity index (χ2n) is 4.49. The van der Waals surface area contributed by atoms with Crippen molar-refractivity contribution >= 4 is 28.3 Å². The fourth-order valence-corrected chi connectivity index (χ4v) is 2.99. The van der Waals surface area contributed by atoms with Crippen molar-refractivity contribution in [1.82, 2.24) is 5.32 Å². The summed E-state index contributed by atoms with van der Waals surface area (Å²) in [6.45, 7) is 2.12. The van der Waals surface area contributed by atoms with E-state index in [1.807, 2.05) is 6.07 Å². The Bertz CT molecular complexity index is 391. The van der Waals surface area contributed by atoms with Crippen LogP contribution in [0.15, 0.2) is 22.7 Å². The highest BCUT2D eigenvalue weighted by atomic mass is 79.9. The molecule has 1 atom stereocenters. The number of ether oxygens (including phenoxy) is 1. The van der Waals surface area contributed by atoms with Crippen LogP contribution >= 0.6 is 28.3 Å². The number of rotatable bonds is 0. The van der Waals surface area contributed by atoms with E-state index >= 15 is 0 Å². The first-order valence-corrected chi connectivity index (χ1v) is 6.25. The van der Waals surface area contributed by atoms with Crippen LogP contribution in [0, 0.1) is 0 Å². The van der Waals surface area contributed by atoms with E-state index in [2.05, 4.69) is 33.4 Å². The molecule has 0 amide bonds. The minimum Gasteiger partial charge on any atom is -0.485 e. The van der Waals surface area contributed by atoms with E-state index in [0.717, 1.165) is 29.7 Å². The van der Waals surface area contributed by atoms with Crippen LogP contribution in [-0.2, 0) is 6.42 Å². The van der Waals surface area contributed by atoms with Crippen LogP contribution in [0.5, 0.6) is 5.75 Å². The zero-order chi connectivity index (χ0) is 10.3. The molecule has 16 heavy (non-hydrogen) atoms. The van der Waals surface area contributed by atoms with Crippen molar-refractivity contribution in [3.63, 3.8) is 0 Å². The van der Waals surface area contributed by atoms with Gasteiger partial charge in [0.25, 0.3) is 0 Å². The molecule has 3 rings (SSSR count). The van der Waals surface area contributed by atoms with Gasteiger partial charge < -0.3 is 10.1 Å². The van der Waals surface area contributed by atoms with Gasteiger partial charge in [-0.25, -0.2) is 0 Å². The van der Waals surface area contributed by atoms with Gasteiger partial charge in [0.2, 0.25) is 0 Å². The second-order valence-corrected chi connectivity index (χ2v) is 5.41. The van der Waals surface area contributed by atoms with Crippen molar-refractivity contribution in [1.29, 1.82) is 0 Å². The number of piperidine rings is 1. The topological polar surface area (TPSA) is 21.3 Å².